The van der Waals surface area contributed by atoms with Gasteiger partial charge < -0.3 is 10.6 Å². The van der Waals surface area contributed by atoms with Gasteiger partial charge in [0.2, 0.25) is 5.91 Å². The van der Waals surface area contributed by atoms with Crippen molar-refractivity contribution in [3.63, 3.8) is 0 Å². The molecule has 3 nitrogen and oxygen atoms in total. The van der Waals surface area contributed by atoms with Crippen LogP contribution >= 0.6 is 0 Å². The number of carbonyl (C=O) groups excluding carboxylic acids is 1. The molecule has 1 atom stereocenters. The topological polar surface area (TPSA) is 46.3 Å². The Bertz CT molecular complexity index is 335. The van der Waals surface area contributed by atoms with Gasteiger partial charge in [0.1, 0.15) is 0 Å². The maximum Gasteiger partial charge on any atom is 0.239 e. The molecule has 1 aromatic rings. The molecule has 2 N–H and O–H groups in total. The van der Waals surface area contributed by atoms with Crippen molar-refractivity contribution in [2.45, 2.75) is 39.3 Å². The van der Waals surface area contributed by atoms with Crippen LogP contribution in [0.3, 0.4) is 0 Å². The summed E-state index contributed by atoms with van der Waals surface area (Å²) in [5.74, 6) is 0.0299. The van der Waals surface area contributed by atoms with Crippen molar-refractivity contribution >= 4 is 5.91 Å². The Kier molecular flexibility index (Phi) is 5.70. The lowest BCUT2D eigenvalue weighted by Gasteiger charge is -2.24. The van der Waals surface area contributed by atoms with Gasteiger partial charge in [-0.2, -0.15) is 0 Å². The Hall–Kier alpha value is -1.35. The van der Waals surface area contributed by atoms with E-state index in [1.807, 2.05) is 35.2 Å². The number of hydrogen-bond acceptors (Lipinski definition) is 2. The first-order valence-electron chi connectivity index (χ1n) is 6.23. The van der Waals surface area contributed by atoms with Crippen molar-refractivity contribution in [2.75, 3.05) is 6.54 Å². The number of carbonyl (C=O) groups is 1. The highest BCUT2D eigenvalue weighted by Gasteiger charge is 2.16. The first kappa shape index (κ1) is 13.7. The van der Waals surface area contributed by atoms with Crippen LogP contribution in [-0.4, -0.2) is 23.4 Å². The molecule has 3 heteroatoms. The monoisotopic (exact) mass is 234 g/mol. The van der Waals surface area contributed by atoms with Crippen molar-refractivity contribution in [2.24, 2.45) is 5.73 Å². The molecule has 0 bridgehead atoms. The first-order valence-corrected chi connectivity index (χ1v) is 6.23. The predicted molar refractivity (Wildman–Crippen MR) is 70.4 cm³/mol. The van der Waals surface area contributed by atoms with Crippen molar-refractivity contribution in [1.29, 1.82) is 0 Å². The molecule has 0 saturated heterocycles. The highest BCUT2D eigenvalue weighted by molar-refractivity contribution is 5.81. The van der Waals surface area contributed by atoms with Crippen LogP contribution in [0.5, 0.6) is 0 Å². The Balaban J connectivity index is 2.66. The van der Waals surface area contributed by atoms with E-state index >= 15 is 0 Å². The summed E-state index contributed by atoms with van der Waals surface area (Å²) in [5, 5.41) is 0. The highest BCUT2D eigenvalue weighted by atomic mass is 16.2. The quantitative estimate of drug-likeness (QED) is 0.820. The maximum absolute atomic E-state index is 12.0. The second-order valence-electron chi connectivity index (χ2n) is 4.39. The summed E-state index contributed by atoms with van der Waals surface area (Å²) in [6.45, 7) is 5.30. The number of benzene rings is 1. The molecule has 1 unspecified atom stereocenters. The van der Waals surface area contributed by atoms with Crippen molar-refractivity contribution in [3.05, 3.63) is 35.9 Å². The van der Waals surface area contributed by atoms with Crippen molar-refractivity contribution in [1.82, 2.24) is 4.90 Å². The van der Waals surface area contributed by atoms with Crippen molar-refractivity contribution < 1.29 is 4.79 Å². The second-order valence-corrected chi connectivity index (χ2v) is 4.39. The van der Waals surface area contributed by atoms with E-state index in [0.717, 1.165) is 24.9 Å². The molecule has 94 valence electrons. The summed E-state index contributed by atoms with van der Waals surface area (Å²) in [7, 11) is 0. The lowest BCUT2D eigenvalue weighted by Crippen LogP contribution is -2.42. The zero-order valence-electron chi connectivity index (χ0n) is 10.7. The van der Waals surface area contributed by atoms with Gasteiger partial charge in [-0.05, 0) is 18.9 Å². The summed E-state index contributed by atoms with van der Waals surface area (Å²) in [6.07, 6.45) is 2.10. The largest absolute Gasteiger partial charge is 0.337 e. The lowest BCUT2D eigenvalue weighted by atomic mass is 10.2. The molecule has 1 aromatic carbocycles. The third-order valence-corrected chi connectivity index (χ3v) is 2.70. The molecule has 0 heterocycles. The van der Waals surface area contributed by atoms with Gasteiger partial charge in [-0.15, -0.1) is 0 Å². The minimum atomic E-state index is -0.421. The number of hydrogen-bond donors (Lipinski definition) is 1. The van der Waals surface area contributed by atoms with Crippen LogP contribution in [-0.2, 0) is 11.3 Å². The van der Waals surface area contributed by atoms with E-state index in [2.05, 4.69) is 6.92 Å². The average Bonchev–Trinajstić information content (AvgIpc) is 2.34. The van der Waals surface area contributed by atoms with E-state index < -0.39 is 6.04 Å². The molecule has 0 aliphatic rings. The van der Waals surface area contributed by atoms with Gasteiger partial charge in [0, 0.05) is 13.1 Å². The molecule has 1 amide bonds. The molecule has 0 aliphatic heterocycles. The Labute approximate surface area is 104 Å². The third kappa shape index (κ3) is 4.57. The number of unbranched alkanes of at least 4 members (excludes halogenated alkanes) is 1. The Morgan fingerprint density at radius 1 is 1.35 bits per heavy atom. The minimum absolute atomic E-state index is 0.0299. The van der Waals surface area contributed by atoms with Gasteiger partial charge >= 0.3 is 0 Å². The summed E-state index contributed by atoms with van der Waals surface area (Å²) in [4.78, 5) is 13.8. The summed E-state index contributed by atoms with van der Waals surface area (Å²) in [5.41, 5.74) is 6.82. The molecular formula is C14H22N2O. The molecule has 1 rings (SSSR count). The predicted octanol–water partition coefficient (Wildman–Crippen LogP) is 2.16. The second kappa shape index (κ2) is 7.07. The van der Waals surface area contributed by atoms with E-state index in [-0.39, 0.29) is 5.91 Å². The number of amides is 1. The normalized spacial score (nSPS) is 12.2. The van der Waals surface area contributed by atoms with Gasteiger partial charge in [0.25, 0.3) is 0 Å². The van der Waals surface area contributed by atoms with Crippen LogP contribution in [0.2, 0.25) is 0 Å². The van der Waals surface area contributed by atoms with Gasteiger partial charge in [-0.25, -0.2) is 0 Å². The smallest absolute Gasteiger partial charge is 0.239 e. The van der Waals surface area contributed by atoms with Crippen LogP contribution < -0.4 is 5.73 Å². The molecule has 0 radical (unpaired) electrons. The molecule has 17 heavy (non-hydrogen) atoms. The summed E-state index contributed by atoms with van der Waals surface area (Å²) >= 11 is 0. The molecular weight excluding hydrogens is 212 g/mol. The average molecular weight is 234 g/mol. The zero-order chi connectivity index (χ0) is 12.7. The van der Waals surface area contributed by atoms with Crippen LogP contribution in [0.4, 0.5) is 0 Å². The van der Waals surface area contributed by atoms with Crippen LogP contribution in [0.25, 0.3) is 0 Å². The van der Waals surface area contributed by atoms with E-state index in [1.54, 1.807) is 6.92 Å². The van der Waals surface area contributed by atoms with Crippen LogP contribution in [0.15, 0.2) is 30.3 Å². The molecule has 0 saturated carbocycles. The fourth-order valence-corrected chi connectivity index (χ4v) is 1.71. The number of nitrogens with two attached hydrogens (primary N) is 1. The summed E-state index contributed by atoms with van der Waals surface area (Å²) < 4.78 is 0. The fourth-order valence-electron chi connectivity index (χ4n) is 1.71. The molecule has 0 aliphatic carbocycles. The fraction of sp³-hybridized carbons (Fsp3) is 0.500. The maximum atomic E-state index is 12.0. The van der Waals surface area contributed by atoms with E-state index in [4.69, 9.17) is 5.73 Å². The molecule has 0 spiro atoms. The molecule has 0 aromatic heterocycles. The molecule has 0 fully saturated rings. The first-order chi connectivity index (χ1) is 8.15. The van der Waals surface area contributed by atoms with Crippen LogP contribution in [0.1, 0.15) is 32.3 Å². The zero-order valence-corrected chi connectivity index (χ0v) is 10.7. The van der Waals surface area contributed by atoms with Gasteiger partial charge in [0.05, 0.1) is 6.04 Å². The standard InChI is InChI=1S/C14H22N2O/c1-3-4-10-16(14(17)12(2)15)11-13-8-6-5-7-9-13/h5-9,12H,3-4,10-11,15H2,1-2H3. The number of nitrogens with zero attached hydrogens (tertiary/aromatic N) is 1. The Morgan fingerprint density at radius 2 is 2.00 bits per heavy atom. The van der Waals surface area contributed by atoms with Crippen molar-refractivity contribution in [3.8, 4) is 0 Å². The van der Waals surface area contributed by atoms with Gasteiger partial charge in [0.15, 0.2) is 0 Å². The van der Waals surface area contributed by atoms with E-state index in [0.29, 0.717) is 6.54 Å². The van der Waals surface area contributed by atoms with Gasteiger partial charge in [-0.3, -0.25) is 4.79 Å². The SMILES string of the molecule is CCCCN(Cc1ccccc1)C(=O)C(C)N. The third-order valence-electron chi connectivity index (χ3n) is 2.70. The summed E-state index contributed by atoms with van der Waals surface area (Å²) in [6, 6.07) is 9.61. The highest BCUT2D eigenvalue weighted by Crippen LogP contribution is 2.07. The van der Waals surface area contributed by atoms with E-state index in [9.17, 15) is 4.79 Å². The van der Waals surface area contributed by atoms with Crippen LogP contribution in [0, 0.1) is 0 Å². The Morgan fingerprint density at radius 3 is 2.53 bits per heavy atom. The minimum Gasteiger partial charge on any atom is -0.337 e. The van der Waals surface area contributed by atoms with E-state index in [1.165, 1.54) is 0 Å². The lowest BCUT2D eigenvalue weighted by molar-refractivity contribution is -0.132. The van der Waals surface area contributed by atoms with Gasteiger partial charge in [-0.1, -0.05) is 43.7 Å². The number of rotatable bonds is 6.